The Kier molecular flexibility index (Phi) is 3.51. The van der Waals surface area contributed by atoms with Crippen LogP contribution in [0.4, 0.5) is 5.95 Å². The molecule has 0 spiro atoms. The topological polar surface area (TPSA) is 78.7 Å². The van der Waals surface area contributed by atoms with E-state index in [1.54, 1.807) is 24.3 Å². The molecule has 0 unspecified atom stereocenters. The molecular formula is C12H7ClN4O. The number of nitriles is 1. The second-order valence-electron chi connectivity index (χ2n) is 3.35. The molecule has 5 nitrogen and oxygen atoms in total. The van der Waals surface area contributed by atoms with Gasteiger partial charge in [-0.1, -0.05) is 11.6 Å². The molecule has 0 saturated heterocycles. The molecule has 0 aliphatic carbocycles. The first-order chi connectivity index (χ1) is 8.69. The summed E-state index contributed by atoms with van der Waals surface area (Å²) in [6, 6.07) is 9.72. The maximum atomic E-state index is 11.8. The lowest BCUT2D eigenvalue weighted by molar-refractivity contribution is 0.102. The average Bonchev–Trinajstić information content (AvgIpc) is 2.39. The van der Waals surface area contributed by atoms with Crippen molar-refractivity contribution < 1.29 is 4.79 Å². The maximum Gasteiger partial charge on any atom is 0.258 e. The van der Waals surface area contributed by atoms with Crippen molar-refractivity contribution in [3.8, 4) is 6.07 Å². The van der Waals surface area contributed by atoms with E-state index in [9.17, 15) is 4.79 Å². The van der Waals surface area contributed by atoms with E-state index in [0.29, 0.717) is 11.1 Å². The van der Waals surface area contributed by atoms with E-state index in [4.69, 9.17) is 16.9 Å². The summed E-state index contributed by atoms with van der Waals surface area (Å²) in [5.74, 6) is -0.224. The van der Waals surface area contributed by atoms with Gasteiger partial charge in [0.25, 0.3) is 5.91 Å². The minimum absolute atomic E-state index is 0.136. The third-order valence-corrected chi connectivity index (χ3v) is 2.33. The molecule has 1 N–H and O–H groups in total. The van der Waals surface area contributed by atoms with Crippen molar-refractivity contribution in [2.24, 2.45) is 0 Å². The molecule has 18 heavy (non-hydrogen) atoms. The maximum absolute atomic E-state index is 11.8. The van der Waals surface area contributed by atoms with Gasteiger partial charge >= 0.3 is 0 Å². The average molecular weight is 259 g/mol. The molecule has 6 heteroatoms. The van der Waals surface area contributed by atoms with Crippen molar-refractivity contribution in [2.45, 2.75) is 0 Å². The van der Waals surface area contributed by atoms with Crippen LogP contribution in [0.1, 0.15) is 15.9 Å². The standard InChI is InChI=1S/C12H7ClN4O/c13-10-5-6-15-12(16-10)17-11(18)9-3-1-8(7-14)2-4-9/h1-6H,(H,15,16,17,18). The highest BCUT2D eigenvalue weighted by molar-refractivity contribution is 6.29. The van der Waals surface area contributed by atoms with Crippen LogP contribution in [0.5, 0.6) is 0 Å². The van der Waals surface area contributed by atoms with E-state index in [1.165, 1.54) is 12.3 Å². The molecule has 1 amide bonds. The zero-order valence-corrected chi connectivity index (χ0v) is 9.85. The number of hydrogen-bond donors (Lipinski definition) is 1. The Balaban J connectivity index is 2.14. The third kappa shape index (κ3) is 2.81. The molecule has 0 radical (unpaired) electrons. The summed E-state index contributed by atoms with van der Waals surface area (Å²) in [6.07, 6.45) is 1.45. The van der Waals surface area contributed by atoms with Crippen molar-refractivity contribution in [3.05, 3.63) is 52.8 Å². The number of halogens is 1. The highest BCUT2D eigenvalue weighted by Gasteiger charge is 2.07. The number of anilines is 1. The smallest absolute Gasteiger partial charge is 0.258 e. The van der Waals surface area contributed by atoms with Gasteiger partial charge in [-0.15, -0.1) is 0 Å². The number of amides is 1. The molecule has 0 fully saturated rings. The Morgan fingerprint density at radius 2 is 2.00 bits per heavy atom. The molecule has 1 aromatic carbocycles. The zero-order valence-electron chi connectivity index (χ0n) is 9.09. The van der Waals surface area contributed by atoms with Crippen LogP contribution in [-0.2, 0) is 0 Å². The third-order valence-electron chi connectivity index (χ3n) is 2.12. The van der Waals surface area contributed by atoms with Crippen molar-refractivity contribution in [1.29, 1.82) is 5.26 Å². The van der Waals surface area contributed by atoms with E-state index in [2.05, 4.69) is 15.3 Å². The normalized spacial score (nSPS) is 9.56. The number of carbonyl (C=O) groups excluding carboxylic acids is 1. The highest BCUT2D eigenvalue weighted by Crippen LogP contribution is 2.08. The van der Waals surface area contributed by atoms with Crippen LogP contribution < -0.4 is 5.32 Å². The summed E-state index contributed by atoms with van der Waals surface area (Å²) in [5, 5.41) is 11.4. The summed E-state index contributed by atoms with van der Waals surface area (Å²) >= 11 is 5.68. The largest absolute Gasteiger partial charge is 0.290 e. The Morgan fingerprint density at radius 3 is 2.61 bits per heavy atom. The first kappa shape index (κ1) is 12.0. The Morgan fingerprint density at radius 1 is 1.28 bits per heavy atom. The first-order valence-electron chi connectivity index (χ1n) is 4.99. The van der Waals surface area contributed by atoms with Crippen LogP contribution in [0.3, 0.4) is 0 Å². The van der Waals surface area contributed by atoms with Crippen molar-refractivity contribution in [2.75, 3.05) is 5.32 Å². The number of carbonyl (C=O) groups is 1. The predicted molar refractivity (Wildman–Crippen MR) is 66.2 cm³/mol. The number of benzene rings is 1. The van der Waals surface area contributed by atoms with Crippen LogP contribution >= 0.6 is 11.6 Å². The van der Waals surface area contributed by atoms with Gasteiger partial charge in [-0.05, 0) is 30.3 Å². The van der Waals surface area contributed by atoms with Gasteiger partial charge in [0.05, 0.1) is 11.6 Å². The van der Waals surface area contributed by atoms with E-state index in [-0.39, 0.29) is 17.0 Å². The van der Waals surface area contributed by atoms with Crippen molar-refractivity contribution >= 4 is 23.5 Å². The molecule has 0 aliphatic rings. The SMILES string of the molecule is N#Cc1ccc(C(=O)Nc2nccc(Cl)n2)cc1. The second kappa shape index (κ2) is 5.25. The van der Waals surface area contributed by atoms with Crippen LogP contribution in [0.25, 0.3) is 0 Å². The Labute approximate surface area is 108 Å². The first-order valence-corrected chi connectivity index (χ1v) is 5.37. The minimum atomic E-state index is -0.359. The monoisotopic (exact) mass is 258 g/mol. The van der Waals surface area contributed by atoms with E-state index in [0.717, 1.165) is 0 Å². The van der Waals surface area contributed by atoms with Gasteiger partial charge in [0.1, 0.15) is 5.15 Å². The highest BCUT2D eigenvalue weighted by atomic mass is 35.5. The van der Waals surface area contributed by atoms with Gasteiger partial charge in [0.15, 0.2) is 0 Å². The Hall–Kier alpha value is -2.45. The lowest BCUT2D eigenvalue weighted by Crippen LogP contribution is -2.14. The van der Waals surface area contributed by atoms with Gasteiger partial charge in [-0.2, -0.15) is 5.26 Å². The molecule has 0 bridgehead atoms. The number of hydrogen-bond acceptors (Lipinski definition) is 4. The van der Waals surface area contributed by atoms with Gasteiger partial charge in [0.2, 0.25) is 5.95 Å². The van der Waals surface area contributed by atoms with Crippen LogP contribution in [0, 0.1) is 11.3 Å². The molecule has 0 atom stereocenters. The van der Waals surface area contributed by atoms with Gasteiger partial charge < -0.3 is 0 Å². The summed E-state index contributed by atoms with van der Waals surface area (Å²) in [7, 11) is 0. The van der Waals surface area contributed by atoms with Gasteiger partial charge in [-0.3, -0.25) is 10.1 Å². The molecular weight excluding hydrogens is 252 g/mol. The van der Waals surface area contributed by atoms with Gasteiger partial charge in [-0.25, -0.2) is 9.97 Å². The zero-order chi connectivity index (χ0) is 13.0. The lowest BCUT2D eigenvalue weighted by atomic mass is 10.1. The van der Waals surface area contributed by atoms with Crippen molar-refractivity contribution in [3.63, 3.8) is 0 Å². The fraction of sp³-hybridized carbons (Fsp3) is 0. The molecule has 0 aliphatic heterocycles. The molecule has 88 valence electrons. The lowest BCUT2D eigenvalue weighted by Gasteiger charge is -2.03. The number of rotatable bonds is 2. The number of nitrogens with one attached hydrogen (secondary N) is 1. The van der Waals surface area contributed by atoms with Crippen LogP contribution in [-0.4, -0.2) is 15.9 Å². The van der Waals surface area contributed by atoms with E-state index in [1.807, 2.05) is 6.07 Å². The van der Waals surface area contributed by atoms with E-state index >= 15 is 0 Å². The van der Waals surface area contributed by atoms with Crippen LogP contribution in [0.2, 0.25) is 5.15 Å². The Bertz CT molecular complexity index is 619. The molecule has 0 saturated carbocycles. The molecule has 2 rings (SSSR count). The van der Waals surface area contributed by atoms with Crippen LogP contribution in [0.15, 0.2) is 36.5 Å². The summed E-state index contributed by atoms with van der Waals surface area (Å²) in [6.45, 7) is 0. The summed E-state index contributed by atoms with van der Waals surface area (Å²) < 4.78 is 0. The quantitative estimate of drug-likeness (QED) is 0.838. The van der Waals surface area contributed by atoms with Gasteiger partial charge in [0, 0.05) is 11.8 Å². The molecule has 1 heterocycles. The fourth-order valence-electron chi connectivity index (χ4n) is 1.27. The molecule has 2 aromatic rings. The fourth-order valence-corrected chi connectivity index (χ4v) is 1.40. The molecule has 1 aromatic heterocycles. The van der Waals surface area contributed by atoms with Crippen molar-refractivity contribution in [1.82, 2.24) is 9.97 Å². The van der Waals surface area contributed by atoms with E-state index < -0.39 is 0 Å². The minimum Gasteiger partial charge on any atom is -0.290 e. The number of aromatic nitrogens is 2. The summed E-state index contributed by atoms with van der Waals surface area (Å²) in [5.41, 5.74) is 0.906. The number of nitrogens with zero attached hydrogens (tertiary/aromatic N) is 3. The second-order valence-corrected chi connectivity index (χ2v) is 3.73. The predicted octanol–water partition coefficient (Wildman–Crippen LogP) is 2.25. The summed E-state index contributed by atoms with van der Waals surface area (Å²) in [4.78, 5) is 19.5.